The minimum atomic E-state index is -0.124. The summed E-state index contributed by atoms with van der Waals surface area (Å²) in [5.41, 5.74) is 3.01. The van der Waals surface area contributed by atoms with Crippen LogP contribution in [0, 0.1) is 0 Å². The number of hydrogen-bond acceptors (Lipinski definition) is 6. The van der Waals surface area contributed by atoms with Gasteiger partial charge in [-0.2, -0.15) is 0 Å². The SMILES string of the molecule is O=C(CSc1nnc(Cc2ccccc2)n1-c1ccccc1)Nc1nc2ccccc2s1. The zero-order valence-corrected chi connectivity index (χ0v) is 18.6. The van der Waals surface area contributed by atoms with Crippen molar-refractivity contribution in [3.05, 3.63) is 96.3 Å². The standard InChI is InChI=1S/C24H19N5OS2/c30-22(26-23-25-19-13-7-8-14-20(19)32-23)16-31-24-28-27-21(15-17-9-3-1-4-10-17)29(24)18-11-5-2-6-12-18/h1-14H,15-16H2,(H,25,26,30). The molecule has 2 aromatic heterocycles. The van der Waals surface area contributed by atoms with Gasteiger partial charge in [-0.25, -0.2) is 4.98 Å². The Morgan fingerprint density at radius 3 is 2.41 bits per heavy atom. The second-order valence-electron chi connectivity index (χ2n) is 7.06. The number of para-hydroxylation sites is 2. The molecule has 0 bridgehead atoms. The number of aromatic nitrogens is 4. The van der Waals surface area contributed by atoms with E-state index in [0.717, 1.165) is 27.3 Å². The van der Waals surface area contributed by atoms with Gasteiger partial charge in [-0.05, 0) is 29.8 Å². The lowest BCUT2D eigenvalue weighted by Crippen LogP contribution is -2.14. The fourth-order valence-corrected chi connectivity index (χ4v) is 4.99. The highest BCUT2D eigenvalue weighted by Gasteiger charge is 2.17. The van der Waals surface area contributed by atoms with Gasteiger partial charge in [-0.1, -0.05) is 83.8 Å². The van der Waals surface area contributed by atoms with Crippen LogP contribution in [0.2, 0.25) is 0 Å². The minimum absolute atomic E-state index is 0.124. The van der Waals surface area contributed by atoms with Crippen LogP contribution in [-0.4, -0.2) is 31.4 Å². The predicted octanol–water partition coefficient (Wildman–Crippen LogP) is 5.20. The van der Waals surface area contributed by atoms with Crippen molar-refractivity contribution in [2.45, 2.75) is 11.6 Å². The summed E-state index contributed by atoms with van der Waals surface area (Å²) in [7, 11) is 0. The van der Waals surface area contributed by atoms with E-state index in [1.807, 2.05) is 77.4 Å². The number of carbonyl (C=O) groups excluding carboxylic acids is 1. The second kappa shape index (κ2) is 9.33. The molecule has 0 unspecified atom stereocenters. The van der Waals surface area contributed by atoms with E-state index in [2.05, 4.69) is 32.6 Å². The number of thioether (sulfide) groups is 1. The van der Waals surface area contributed by atoms with Crippen LogP contribution in [-0.2, 0) is 11.2 Å². The number of thiazole rings is 1. The van der Waals surface area contributed by atoms with Crippen LogP contribution in [0.3, 0.4) is 0 Å². The molecule has 0 radical (unpaired) electrons. The maximum atomic E-state index is 12.6. The van der Waals surface area contributed by atoms with Crippen molar-refractivity contribution in [1.82, 2.24) is 19.7 Å². The first kappa shape index (κ1) is 20.4. The molecule has 3 aromatic carbocycles. The summed E-state index contributed by atoms with van der Waals surface area (Å²) in [5.74, 6) is 0.921. The lowest BCUT2D eigenvalue weighted by atomic mass is 10.1. The molecular formula is C24H19N5OS2. The van der Waals surface area contributed by atoms with E-state index in [4.69, 9.17) is 0 Å². The summed E-state index contributed by atoms with van der Waals surface area (Å²) < 4.78 is 3.06. The van der Waals surface area contributed by atoms with Crippen LogP contribution in [0.15, 0.2) is 90.1 Å². The molecule has 32 heavy (non-hydrogen) atoms. The predicted molar refractivity (Wildman–Crippen MR) is 130 cm³/mol. The van der Waals surface area contributed by atoms with Gasteiger partial charge in [0.05, 0.1) is 16.0 Å². The molecule has 0 fully saturated rings. The van der Waals surface area contributed by atoms with Crippen LogP contribution in [0.5, 0.6) is 0 Å². The largest absolute Gasteiger partial charge is 0.301 e. The Morgan fingerprint density at radius 2 is 1.62 bits per heavy atom. The van der Waals surface area contributed by atoms with Crippen LogP contribution < -0.4 is 5.32 Å². The van der Waals surface area contributed by atoms with Crippen molar-refractivity contribution in [1.29, 1.82) is 0 Å². The number of nitrogens with one attached hydrogen (secondary N) is 1. The molecule has 6 nitrogen and oxygen atoms in total. The average molecular weight is 458 g/mol. The molecule has 8 heteroatoms. The number of nitrogens with zero attached hydrogens (tertiary/aromatic N) is 4. The van der Waals surface area contributed by atoms with Gasteiger partial charge in [0.1, 0.15) is 5.82 Å². The first-order chi connectivity index (χ1) is 15.8. The Morgan fingerprint density at radius 1 is 0.906 bits per heavy atom. The first-order valence-electron chi connectivity index (χ1n) is 10.1. The molecule has 158 valence electrons. The fourth-order valence-electron chi connectivity index (χ4n) is 3.33. The van der Waals surface area contributed by atoms with Crippen LogP contribution in [0.4, 0.5) is 5.13 Å². The molecule has 0 saturated carbocycles. The molecule has 5 rings (SSSR count). The highest BCUT2D eigenvalue weighted by molar-refractivity contribution is 7.99. The number of amides is 1. The number of rotatable bonds is 7. The molecule has 1 amide bonds. The van der Waals surface area contributed by atoms with Crippen LogP contribution in [0.25, 0.3) is 15.9 Å². The number of benzene rings is 3. The molecule has 0 spiro atoms. The molecule has 0 aliphatic carbocycles. The summed E-state index contributed by atoms with van der Waals surface area (Å²) in [6, 6.07) is 28.0. The van der Waals surface area contributed by atoms with Gasteiger partial charge in [0.25, 0.3) is 0 Å². The van der Waals surface area contributed by atoms with E-state index >= 15 is 0 Å². The Balaban J connectivity index is 1.34. The number of fused-ring (bicyclic) bond motifs is 1. The molecule has 0 atom stereocenters. The van der Waals surface area contributed by atoms with Crippen molar-refractivity contribution in [2.75, 3.05) is 11.1 Å². The van der Waals surface area contributed by atoms with Gasteiger partial charge in [0, 0.05) is 12.1 Å². The Kier molecular flexibility index (Phi) is 5.96. The highest BCUT2D eigenvalue weighted by atomic mass is 32.2. The van der Waals surface area contributed by atoms with E-state index in [0.29, 0.717) is 16.7 Å². The van der Waals surface area contributed by atoms with Gasteiger partial charge < -0.3 is 5.32 Å². The molecular weight excluding hydrogens is 438 g/mol. The number of anilines is 1. The van der Waals surface area contributed by atoms with E-state index in [1.54, 1.807) is 0 Å². The van der Waals surface area contributed by atoms with Gasteiger partial charge >= 0.3 is 0 Å². The van der Waals surface area contributed by atoms with Crippen molar-refractivity contribution in [3.63, 3.8) is 0 Å². The van der Waals surface area contributed by atoms with E-state index < -0.39 is 0 Å². The molecule has 1 N–H and O–H groups in total. The van der Waals surface area contributed by atoms with Crippen molar-refractivity contribution < 1.29 is 4.79 Å². The lowest BCUT2D eigenvalue weighted by Gasteiger charge is -2.10. The zero-order chi connectivity index (χ0) is 21.8. The summed E-state index contributed by atoms with van der Waals surface area (Å²) in [5, 5.41) is 13.0. The second-order valence-corrected chi connectivity index (χ2v) is 9.03. The van der Waals surface area contributed by atoms with E-state index in [9.17, 15) is 4.79 Å². The first-order valence-corrected chi connectivity index (χ1v) is 11.9. The smallest absolute Gasteiger partial charge is 0.236 e. The molecule has 2 heterocycles. The normalized spacial score (nSPS) is 11.0. The van der Waals surface area contributed by atoms with Gasteiger partial charge in [0.15, 0.2) is 10.3 Å². The molecule has 0 aliphatic heterocycles. The maximum Gasteiger partial charge on any atom is 0.236 e. The Hall–Kier alpha value is -3.49. The quantitative estimate of drug-likeness (QED) is 0.340. The Labute approximate surface area is 193 Å². The average Bonchev–Trinajstić information content (AvgIpc) is 3.42. The fraction of sp³-hybridized carbons (Fsp3) is 0.0833. The van der Waals surface area contributed by atoms with Crippen LogP contribution >= 0.6 is 23.1 Å². The number of carbonyl (C=O) groups is 1. The third-order valence-electron chi connectivity index (χ3n) is 4.79. The molecule has 5 aromatic rings. The molecule has 0 aliphatic rings. The third-order valence-corrected chi connectivity index (χ3v) is 6.67. The van der Waals surface area contributed by atoms with Crippen LogP contribution in [0.1, 0.15) is 11.4 Å². The Bertz CT molecular complexity index is 1320. The van der Waals surface area contributed by atoms with E-state index in [1.165, 1.54) is 23.1 Å². The maximum absolute atomic E-state index is 12.6. The molecule has 0 saturated heterocycles. The van der Waals surface area contributed by atoms with Crippen molar-refractivity contribution >= 4 is 44.4 Å². The minimum Gasteiger partial charge on any atom is -0.301 e. The summed E-state index contributed by atoms with van der Waals surface area (Å²) in [6.45, 7) is 0. The lowest BCUT2D eigenvalue weighted by molar-refractivity contribution is -0.113. The van der Waals surface area contributed by atoms with Gasteiger partial charge in [-0.15, -0.1) is 10.2 Å². The van der Waals surface area contributed by atoms with Crippen molar-refractivity contribution in [3.8, 4) is 5.69 Å². The topological polar surface area (TPSA) is 72.7 Å². The highest BCUT2D eigenvalue weighted by Crippen LogP contribution is 2.27. The monoisotopic (exact) mass is 457 g/mol. The number of hydrogen-bond donors (Lipinski definition) is 1. The van der Waals surface area contributed by atoms with Crippen molar-refractivity contribution in [2.24, 2.45) is 0 Å². The summed E-state index contributed by atoms with van der Waals surface area (Å²) in [4.78, 5) is 17.1. The summed E-state index contributed by atoms with van der Waals surface area (Å²) >= 11 is 2.83. The van der Waals surface area contributed by atoms with E-state index in [-0.39, 0.29) is 11.7 Å². The third kappa shape index (κ3) is 4.56. The van der Waals surface area contributed by atoms with Gasteiger partial charge in [0.2, 0.25) is 5.91 Å². The summed E-state index contributed by atoms with van der Waals surface area (Å²) in [6.07, 6.45) is 0.654. The van der Waals surface area contributed by atoms with Gasteiger partial charge in [-0.3, -0.25) is 9.36 Å². The zero-order valence-electron chi connectivity index (χ0n) is 17.0.